The van der Waals surface area contributed by atoms with E-state index in [-0.39, 0.29) is 48.4 Å². The number of benzene rings is 3. The molecule has 3 aromatic carbocycles. The van der Waals surface area contributed by atoms with Gasteiger partial charge in [-0.15, -0.1) is 5.10 Å². The van der Waals surface area contributed by atoms with Gasteiger partial charge in [0, 0.05) is 55.8 Å². The average molecular weight is 765 g/mol. The normalized spacial score (nSPS) is 12.2. The van der Waals surface area contributed by atoms with Crippen LogP contribution in [0.25, 0.3) is 22.5 Å². The fourth-order valence-corrected chi connectivity index (χ4v) is 6.53. The second-order valence-corrected chi connectivity index (χ2v) is 14.2. The molecule has 1 aliphatic heterocycles. The van der Waals surface area contributed by atoms with Crippen LogP contribution in [-0.2, 0) is 53.5 Å². The lowest BCUT2D eigenvalue weighted by Gasteiger charge is -2.28. The van der Waals surface area contributed by atoms with Crippen molar-refractivity contribution in [3.05, 3.63) is 83.9 Å². The highest BCUT2D eigenvalue weighted by atomic mass is 32.2. The molecule has 0 fully saturated rings. The number of hydrogen-bond acceptors (Lipinski definition) is 10. The van der Waals surface area contributed by atoms with Crippen molar-refractivity contribution in [2.75, 3.05) is 50.2 Å². The molecule has 282 valence electrons. The van der Waals surface area contributed by atoms with Crippen molar-refractivity contribution >= 4 is 46.2 Å². The molecule has 0 spiro atoms. The molecule has 3 N–H and O–H groups in total. The lowest BCUT2D eigenvalue weighted by atomic mass is 9.95. The first-order chi connectivity index (χ1) is 25.7. The van der Waals surface area contributed by atoms with E-state index in [1.807, 2.05) is 53.2 Å². The highest BCUT2D eigenvalue weighted by molar-refractivity contribution is 7.85. The monoisotopic (exact) mass is 764 g/mol. The molecule has 53 heavy (non-hydrogen) atoms. The van der Waals surface area contributed by atoms with Gasteiger partial charge in [0.05, 0.1) is 49.2 Å². The van der Waals surface area contributed by atoms with Crippen LogP contribution in [0.15, 0.2) is 77.7 Å². The standard InChI is InChI=1S/C37H44N6O8S2/c44-33(15-12-27-10-13-29(14-11-27)53(47,48)49)38-18-5-20-43-37-30-7-2-1-6-28(30)26-42(32-9-4-3-8-31(32)36(37)40-41-43)35(46)17-16-34(45)39-19-21-50-22-23-51-24-25-52/h1-4,6-11,13-14,52H,5,12,15-26H2,(H,38,44)(H,39,45)(H,47,48,49). The van der Waals surface area contributed by atoms with Crippen LogP contribution in [0.4, 0.5) is 5.69 Å². The number of hydrogen-bond donors (Lipinski definition) is 4. The molecule has 0 unspecified atom stereocenters. The molecular weight excluding hydrogens is 721 g/mol. The van der Waals surface area contributed by atoms with Crippen molar-refractivity contribution in [3.8, 4) is 22.5 Å². The largest absolute Gasteiger partial charge is 0.378 e. The summed E-state index contributed by atoms with van der Waals surface area (Å²) in [6.45, 7) is 3.30. The third kappa shape index (κ3) is 11.2. The van der Waals surface area contributed by atoms with Crippen molar-refractivity contribution < 1.29 is 36.8 Å². The molecule has 0 aliphatic carbocycles. The first kappa shape index (κ1) is 39.6. The Bertz CT molecular complexity index is 1970. The summed E-state index contributed by atoms with van der Waals surface area (Å²) >= 11 is 4.08. The number of fused-ring (bicyclic) bond motifs is 5. The Kier molecular flexibility index (Phi) is 14.5. The summed E-state index contributed by atoms with van der Waals surface area (Å²) in [6, 6.07) is 21.1. The lowest BCUT2D eigenvalue weighted by Crippen LogP contribution is -2.34. The fourth-order valence-electron chi connectivity index (χ4n) is 5.92. The quantitative estimate of drug-likeness (QED) is 0.0625. The zero-order valence-electron chi connectivity index (χ0n) is 29.3. The summed E-state index contributed by atoms with van der Waals surface area (Å²) in [5.74, 6) is 0.0758. The minimum absolute atomic E-state index is 0.0202. The average Bonchev–Trinajstić information content (AvgIpc) is 3.57. The molecule has 3 amide bonds. The molecule has 16 heteroatoms. The van der Waals surface area contributed by atoms with Crippen molar-refractivity contribution in [2.24, 2.45) is 0 Å². The zero-order valence-corrected chi connectivity index (χ0v) is 31.0. The van der Waals surface area contributed by atoms with Gasteiger partial charge in [0.2, 0.25) is 17.7 Å². The first-order valence-electron chi connectivity index (χ1n) is 17.4. The number of anilines is 1. The number of thiol groups is 1. The van der Waals surface area contributed by atoms with Gasteiger partial charge >= 0.3 is 0 Å². The van der Waals surface area contributed by atoms with E-state index >= 15 is 0 Å². The number of carbonyl (C=O) groups excluding carboxylic acids is 3. The molecule has 14 nitrogen and oxygen atoms in total. The second kappa shape index (κ2) is 19.5. The van der Waals surface area contributed by atoms with E-state index in [2.05, 4.69) is 33.6 Å². The molecule has 0 radical (unpaired) electrons. The molecule has 0 saturated carbocycles. The molecule has 2 heterocycles. The van der Waals surface area contributed by atoms with Gasteiger partial charge in [-0.05, 0) is 42.2 Å². The van der Waals surface area contributed by atoms with Gasteiger partial charge in [0.1, 0.15) is 5.69 Å². The topological polar surface area (TPSA) is 182 Å². The SMILES string of the molecule is O=C(CCC(=O)N1Cc2ccccc2-c2c(nnn2CCCNC(=O)CCc2ccc(S(=O)(=O)O)cc2)-c2ccccc21)NCCOCCOCCS. The summed E-state index contributed by atoms with van der Waals surface area (Å²) in [4.78, 5) is 40.4. The number of aromatic nitrogens is 3. The first-order valence-corrected chi connectivity index (χ1v) is 19.5. The summed E-state index contributed by atoms with van der Waals surface area (Å²) in [7, 11) is -4.27. The van der Waals surface area contributed by atoms with Crippen LogP contribution in [0.1, 0.15) is 36.8 Å². The number of nitrogens with zero attached hydrogens (tertiary/aromatic N) is 4. The van der Waals surface area contributed by atoms with Gasteiger partial charge in [-0.2, -0.15) is 21.0 Å². The van der Waals surface area contributed by atoms with Crippen LogP contribution in [0, 0.1) is 0 Å². The minimum Gasteiger partial charge on any atom is -0.378 e. The van der Waals surface area contributed by atoms with E-state index in [0.717, 1.165) is 27.9 Å². The number of amides is 3. The minimum atomic E-state index is -4.27. The smallest absolute Gasteiger partial charge is 0.294 e. The van der Waals surface area contributed by atoms with Crippen LogP contribution in [0.5, 0.6) is 0 Å². The Balaban J connectivity index is 1.19. The number of nitrogens with one attached hydrogen (secondary N) is 2. The predicted octanol–water partition coefficient (Wildman–Crippen LogP) is 3.70. The molecule has 4 aromatic rings. The van der Waals surface area contributed by atoms with Gasteiger partial charge in [-0.25, -0.2) is 4.68 Å². The molecule has 1 aromatic heterocycles. The van der Waals surface area contributed by atoms with E-state index < -0.39 is 10.1 Å². The molecule has 1 aliphatic rings. The van der Waals surface area contributed by atoms with E-state index in [4.69, 9.17) is 14.0 Å². The number of aryl methyl sites for hydroxylation is 2. The van der Waals surface area contributed by atoms with Crippen LogP contribution >= 0.6 is 12.6 Å². The maximum atomic E-state index is 13.8. The Morgan fingerprint density at radius 1 is 0.811 bits per heavy atom. The Hall–Kier alpha value is -4.61. The van der Waals surface area contributed by atoms with Gasteiger partial charge in [-0.3, -0.25) is 18.9 Å². The van der Waals surface area contributed by atoms with Crippen LogP contribution in [-0.4, -0.2) is 91.0 Å². The van der Waals surface area contributed by atoms with Crippen LogP contribution in [0.3, 0.4) is 0 Å². The Morgan fingerprint density at radius 3 is 2.25 bits per heavy atom. The maximum Gasteiger partial charge on any atom is 0.294 e. The fraction of sp³-hybridized carbons (Fsp3) is 0.378. The van der Waals surface area contributed by atoms with Crippen molar-refractivity contribution in [2.45, 2.75) is 50.1 Å². The van der Waals surface area contributed by atoms with Crippen molar-refractivity contribution in [1.82, 2.24) is 25.6 Å². The summed E-state index contributed by atoms with van der Waals surface area (Å²) in [6.07, 6.45) is 1.27. The van der Waals surface area contributed by atoms with Crippen LogP contribution < -0.4 is 15.5 Å². The lowest BCUT2D eigenvalue weighted by molar-refractivity contribution is -0.125. The predicted molar refractivity (Wildman–Crippen MR) is 202 cm³/mol. The second-order valence-electron chi connectivity index (χ2n) is 12.3. The van der Waals surface area contributed by atoms with E-state index in [9.17, 15) is 22.8 Å². The zero-order chi connectivity index (χ0) is 37.6. The number of para-hydroxylation sites is 1. The molecular formula is C37H44N6O8S2. The number of ether oxygens (including phenoxy) is 2. The van der Waals surface area contributed by atoms with Crippen LogP contribution in [0.2, 0.25) is 0 Å². The summed E-state index contributed by atoms with van der Waals surface area (Å²) in [5.41, 5.74) is 5.43. The van der Waals surface area contributed by atoms with Crippen molar-refractivity contribution in [1.29, 1.82) is 0 Å². The van der Waals surface area contributed by atoms with Gasteiger partial charge < -0.3 is 25.0 Å². The number of carbonyl (C=O) groups is 3. The molecule has 0 bridgehead atoms. The van der Waals surface area contributed by atoms with Gasteiger partial charge in [0.15, 0.2) is 0 Å². The molecule has 0 atom stereocenters. The van der Waals surface area contributed by atoms with Gasteiger partial charge in [0.25, 0.3) is 10.1 Å². The van der Waals surface area contributed by atoms with Crippen molar-refractivity contribution in [3.63, 3.8) is 0 Å². The third-order valence-corrected chi connectivity index (χ3v) is 9.61. The summed E-state index contributed by atoms with van der Waals surface area (Å²) in [5, 5.41) is 14.8. The Morgan fingerprint density at radius 2 is 1.49 bits per heavy atom. The highest BCUT2D eigenvalue weighted by Gasteiger charge is 2.29. The van der Waals surface area contributed by atoms with E-state index in [1.165, 1.54) is 12.1 Å². The summed E-state index contributed by atoms with van der Waals surface area (Å²) < 4.78 is 44.3. The van der Waals surface area contributed by atoms with E-state index in [0.29, 0.717) is 76.0 Å². The maximum absolute atomic E-state index is 13.8. The molecule has 0 saturated heterocycles. The highest BCUT2D eigenvalue weighted by Crippen LogP contribution is 2.41. The number of rotatable bonds is 19. The van der Waals surface area contributed by atoms with Gasteiger partial charge in [-0.1, -0.05) is 59.8 Å². The molecule has 5 rings (SSSR count). The Labute approximate surface area is 314 Å². The third-order valence-electron chi connectivity index (χ3n) is 8.56. The van der Waals surface area contributed by atoms with E-state index in [1.54, 1.807) is 17.0 Å².